The first-order valence-electron chi connectivity index (χ1n) is 6.37. The van der Waals surface area contributed by atoms with Crippen molar-refractivity contribution >= 4 is 16.7 Å². The minimum Gasteiger partial charge on any atom is -0.406 e. The van der Waals surface area contributed by atoms with Gasteiger partial charge in [-0.3, -0.25) is 0 Å². The van der Waals surface area contributed by atoms with Gasteiger partial charge in [0.15, 0.2) is 0 Å². The molecule has 2 aromatic heterocycles. The van der Waals surface area contributed by atoms with Crippen molar-refractivity contribution in [1.29, 1.82) is 0 Å². The molecule has 0 bridgehead atoms. The van der Waals surface area contributed by atoms with E-state index in [9.17, 15) is 13.2 Å². The molecule has 2 aromatic rings. The van der Waals surface area contributed by atoms with Gasteiger partial charge in [0.1, 0.15) is 11.4 Å². The average Bonchev–Trinajstić information content (AvgIpc) is 2.81. The van der Waals surface area contributed by atoms with Crippen molar-refractivity contribution in [3.8, 4) is 0 Å². The van der Waals surface area contributed by atoms with Crippen molar-refractivity contribution in [2.45, 2.75) is 19.2 Å². The number of anilines is 1. The van der Waals surface area contributed by atoms with Crippen molar-refractivity contribution < 1.29 is 17.9 Å². The Labute approximate surface area is 118 Å². The lowest BCUT2D eigenvalue weighted by atomic mass is 10.1. The Kier molecular flexibility index (Phi) is 3.32. The normalized spacial score (nSPS) is 15.6. The summed E-state index contributed by atoms with van der Waals surface area (Å²) in [7, 11) is 0. The summed E-state index contributed by atoms with van der Waals surface area (Å²) in [4.78, 5) is 7.16. The largest absolute Gasteiger partial charge is 0.573 e. The highest BCUT2D eigenvalue weighted by Gasteiger charge is 2.32. The molecule has 2 heterocycles. The number of alkyl halides is 3. The van der Waals surface area contributed by atoms with E-state index in [4.69, 9.17) is 0 Å². The van der Waals surface area contributed by atoms with Crippen LogP contribution < -0.4 is 5.32 Å². The summed E-state index contributed by atoms with van der Waals surface area (Å²) >= 11 is 0. The van der Waals surface area contributed by atoms with E-state index < -0.39 is 6.36 Å². The Morgan fingerprint density at radius 1 is 1.33 bits per heavy atom. The molecule has 0 aliphatic heterocycles. The number of fused-ring (bicyclic) bond motifs is 1. The average molecular weight is 295 g/mol. The molecule has 1 aliphatic carbocycles. The topological polar surface area (TPSA) is 49.9 Å². The first-order chi connectivity index (χ1) is 10.0. The van der Waals surface area contributed by atoms with Crippen LogP contribution in [0.2, 0.25) is 0 Å². The summed E-state index contributed by atoms with van der Waals surface area (Å²) in [5, 5.41) is 4.00. The lowest BCUT2D eigenvalue weighted by Crippen LogP contribution is -2.14. The fourth-order valence-electron chi connectivity index (χ4n) is 2.21. The summed E-state index contributed by atoms with van der Waals surface area (Å²) in [6.07, 6.45) is 2.64. The van der Waals surface area contributed by atoms with Gasteiger partial charge in [0, 0.05) is 23.5 Å². The molecular weight excluding hydrogens is 283 g/mol. The predicted octanol–water partition coefficient (Wildman–Crippen LogP) is 4.07. The molecule has 21 heavy (non-hydrogen) atoms. The van der Waals surface area contributed by atoms with E-state index >= 15 is 0 Å². The number of rotatable bonds is 3. The smallest absolute Gasteiger partial charge is 0.406 e. The molecule has 0 radical (unpaired) electrons. The highest BCUT2D eigenvalue weighted by molar-refractivity contribution is 5.90. The predicted molar refractivity (Wildman–Crippen MR) is 72.3 cm³/mol. The Balaban J connectivity index is 1.80. The summed E-state index contributed by atoms with van der Waals surface area (Å²) < 4.78 is 40.6. The number of aromatic amines is 1. The van der Waals surface area contributed by atoms with Gasteiger partial charge < -0.3 is 15.0 Å². The van der Waals surface area contributed by atoms with Gasteiger partial charge in [-0.25, -0.2) is 4.98 Å². The molecule has 3 rings (SSSR count). The number of hydrogen-bond acceptors (Lipinski definition) is 3. The Hall–Kier alpha value is -2.44. The quantitative estimate of drug-likeness (QED) is 0.897. The number of aromatic nitrogens is 2. The van der Waals surface area contributed by atoms with Crippen LogP contribution in [0.5, 0.6) is 0 Å². The molecule has 0 saturated heterocycles. The van der Waals surface area contributed by atoms with Crippen molar-refractivity contribution in [2.24, 2.45) is 0 Å². The van der Waals surface area contributed by atoms with Crippen LogP contribution in [-0.4, -0.2) is 16.3 Å². The zero-order valence-corrected chi connectivity index (χ0v) is 10.9. The minimum atomic E-state index is -4.67. The van der Waals surface area contributed by atoms with Crippen molar-refractivity contribution in [3.05, 3.63) is 48.1 Å². The summed E-state index contributed by atoms with van der Waals surface area (Å²) in [6, 6.07) is 3.68. The van der Waals surface area contributed by atoms with Crippen LogP contribution in [-0.2, 0) is 4.74 Å². The van der Waals surface area contributed by atoms with Crippen LogP contribution in [0.4, 0.5) is 18.9 Å². The number of hydrogen-bond donors (Lipinski definition) is 2. The third-order valence-electron chi connectivity index (χ3n) is 3.06. The molecule has 4 nitrogen and oxygen atoms in total. The maximum absolute atomic E-state index is 12.2. The standard InChI is InChI=1S/C14H12F3N3O/c15-14(16,17)21-10-4-1-3-9(7-10)20-12-8-19-13-11(12)5-2-6-18-13/h2,4-8,20H,1,3H2,(H,18,19). The molecule has 0 amide bonds. The molecule has 110 valence electrons. The number of halogens is 3. The number of ether oxygens (including phenoxy) is 1. The van der Waals surface area contributed by atoms with E-state index in [1.807, 2.05) is 6.07 Å². The number of nitrogens with zero attached hydrogens (tertiary/aromatic N) is 1. The van der Waals surface area contributed by atoms with Gasteiger partial charge >= 0.3 is 6.36 Å². The van der Waals surface area contributed by atoms with Gasteiger partial charge in [-0.05, 0) is 37.1 Å². The second-order valence-corrected chi connectivity index (χ2v) is 4.59. The highest BCUT2D eigenvalue weighted by atomic mass is 19.4. The van der Waals surface area contributed by atoms with Crippen LogP contribution in [0.25, 0.3) is 11.0 Å². The Morgan fingerprint density at radius 3 is 3.00 bits per heavy atom. The summed E-state index contributed by atoms with van der Waals surface area (Å²) in [5.74, 6) is -0.186. The Morgan fingerprint density at radius 2 is 2.19 bits per heavy atom. The number of nitrogens with one attached hydrogen (secondary N) is 2. The van der Waals surface area contributed by atoms with Gasteiger partial charge in [0.05, 0.1) is 5.69 Å². The molecule has 0 aromatic carbocycles. The first-order valence-corrected chi connectivity index (χ1v) is 6.37. The molecular formula is C14H12F3N3O. The van der Waals surface area contributed by atoms with Crippen LogP contribution in [0.3, 0.4) is 0 Å². The molecule has 1 aliphatic rings. The highest BCUT2D eigenvalue weighted by Crippen LogP contribution is 2.28. The first kappa shape index (κ1) is 13.5. The lowest BCUT2D eigenvalue weighted by molar-refractivity contribution is -0.303. The van der Waals surface area contributed by atoms with E-state index in [0.717, 1.165) is 16.7 Å². The lowest BCUT2D eigenvalue weighted by Gasteiger charge is -2.17. The third kappa shape index (κ3) is 3.18. The number of pyridine rings is 1. The second kappa shape index (κ2) is 5.16. The fraction of sp³-hybridized carbons (Fsp3) is 0.214. The molecule has 0 unspecified atom stereocenters. The van der Waals surface area contributed by atoms with E-state index in [-0.39, 0.29) is 5.76 Å². The monoisotopic (exact) mass is 295 g/mol. The van der Waals surface area contributed by atoms with E-state index in [2.05, 4.69) is 20.0 Å². The maximum atomic E-state index is 12.2. The minimum absolute atomic E-state index is 0.186. The van der Waals surface area contributed by atoms with Crippen LogP contribution in [0.15, 0.2) is 48.1 Å². The zero-order valence-electron chi connectivity index (χ0n) is 10.9. The molecule has 7 heteroatoms. The van der Waals surface area contributed by atoms with Gasteiger partial charge in [-0.1, -0.05) is 0 Å². The van der Waals surface area contributed by atoms with E-state index in [1.54, 1.807) is 18.5 Å². The van der Waals surface area contributed by atoms with E-state index in [1.165, 1.54) is 12.2 Å². The summed E-state index contributed by atoms with van der Waals surface area (Å²) in [5.41, 5.74) is 2.16. The van der Waals surface area contributed by atoms with Gasteiger partial charge in [0.2, 0.25) is 0 Å². The second-order valence-electron chi connectivity index (χ2n) is 4.59. The summed E-state index contributed by atoms with van der Waals surface area (Å²) in [6.45, 7) is 0. The van der Waals surface area contributed by atoms with Crippen LogP contribution in [0, 0.1) is 0 Å². The molecule has 0 spiro atoms. The van der Waals surface area contributed by atoms with E-state index in [0.29, 0.717) is 18.5 Å². The van der Waals surface area contributed by atoms with Crippen LogP contribution in [0.1, 0.15) is 12.8 Å². The molecule has 2 N–H and O–H groups in total. The SMILES string of the molecule is FC(F)(F)OC1=CCCC(Nc2c[nH]c3ncccc23)=C1. The van der Waals surface area contributed by atoms with Gasteiger partial charge in [-0.2, -0.15) is 0 Å². The fourth-order valence-corrected chi connectivity index (χ4v) is 2.21. The Bertz CT molecular complexity index is 716. The van der Waals surface area contributed by atoms with Crippen molar-refractivity contribution in [2.75, 3.05) is 5.32 Å². The maximum Gasteiger partial charge on any atom is 0.573 e. The van der Waals surface area contributed by atoms with Crippen molar-refractivity contribution in [3.63, 3.8) is 0 Å². The number of H-pyrrole nitrogens is 1. The molecule has 0 saturated carbocycles. The van der Waals surface area contributed by atoms with Gasteiger partial charge in [0.25, 0.3) is 0 Å². The molecule has 0 atom stereocenters. The molecule has 0 fully saturated rings. The van der Waals surface area contributed by atoms with Crippen LogP contribution >= 0.6 is 0 Å². The third-order valence-corrected chi connectivity index (χ3v) is 3.06. The van der Waals surface area contributed by atoms with Crippen molar-refractivity contribution in [1.82, 2.24) is 9.97 Å². The van der Waals surface area contributed by atoms with Gasteiger partial charge in [-0.15, -0.1) is 13.2 Å². The number of allylic oxidation sites excluding steroid dienone is 3. The zero-order chi connectivity index (χ0) is 14.9.